The smallest absolute Gasteiger partial charge is 0.238 e. The lowest BCUT2D eigenvalue weighted by Crippen LogP contribution is -2.18. The number of pyridine rings is 1. The van der Waals surface area contributed by atoms with Gasteiger partial charge in [0.15, 0.2) is 23.3 Å². The van der Waals surface area contributed by atoms with Gasteiger partial charge in [-0.25, -0.2) is 32.8 Å². The fraction of sp³-hybridized carbons (Fsp3) is 0.250. The Balaban J connectivity index is 1.42. The van der Waals surface area contributed by atoms with E-state index in [0.29, 0.717) is 41.8 Å². The van der Waals surface area contributed by atoms with E-state index in [-0.39, 0.29) is 5.92 Å². The standard InChI is InChI=1S/C24H21F3N6O/c1-14-12-32(13-28-14)20-7-5-16(29-24(20)34-2)6-8-21-30-23-17(4-3-9-33(23)31-21)15-10-18(25)22(27)19(26)11-15/h5-8,10-13,17H,3-4,9H2,1-2H3/b8-6+/t17-/m1/s1. The number of benzene rings is 1. The monoisotopic (exact) mass is 466 g/mol. The summed E-state index contributed by atoms with van der Waals surface area (Å²) in [5.74, 6) is -2.78. The van der Waals surface area contributed by atoms with Gasteiger partial charge in [0.2, 0.25) is 5.88 Å². The van der Waals surface area contributed by atoms with Crippen LogP contribution in [0.3, 0.4) is 0 Å². The molecule has 0 fully saturated rings. The van der Waals surface area contributed by atoms with Crippen LogP contribution in [0.1, 0.15) is 47.4 Å². The molecule has 3 aromatic heterocycles. The number of hydrogen-bond acceptors (Lipinski definition) is 5. The minimum Gasteiger partial charge on any atom is -0.479 e. The van der Waals surface area contributed by atoms with Gasteiger partial charge in [-0.05, 0) is 61.7 Å². The van der Waals surface area contributed by atoms with E-state index in [9.17, 15) is 13.2 Å². The molecule has 10 heteroatoms. The highest BCUT2D eigenvalue weighted by atomic mass is 19.2. The third-order valence-electron chi connectivity index (χ3n) is 5.75. The number of aryl methyl sites for hydroxylation is 2. The summed E-state index contributed by atoms with van der Waals surface area (Å²) in [5, 5.41) is 4.50. The van der Waals surface area contributed by atoms with Crippen molar-refractivity contribution in [1.29, 1.82) is 0 Å². The van der Waals surface area contributed by atoms with Crippen LogP contribution in [-0.4, -0.2) is 36.4 Å². The molecule has 1 aromatic carbocycles. The predicted molar refractivity (Wildman–Crippen MR) is 119 cm³/mol. The molecule has 0 radical (unpaired) electrons. The Kier molecular flexibility index (Phi) is 5.64. The molecule has 174 valence electrons. The van der Waals surface area contributed by atoms with Gasteiger partial charge in [-0.15, -0.1) is 0 Å². The van der Waals surface area contributed by atoms with Crippen LogP contribution in [0.5, 0.6) is 5.88 Å². The number of fused-ring (bicyclic) bond motifs is 1. The van der Waals surface area contributed by atoms with Crippen LogP contribution < -0.4 is 4.74 Å². The molecule has 7 nitrogen and oxygen atoms in total. The van der Waals surface area contributed by atoms with Crippen molar-refractivity contribution in [2.24, 2.45) is 0 Å². The van der Waals surface area contributed by atoms with Crippen molar-refractivity contribution < 1.29 is 17.9 Å². The molecule has 4 aromatic rings. The number of hydrogen-bond donors (Lipinski definition) is 0. The Bertz CT molecular complexity index is 1370. The molecule has 4 heterocycles. The Morgan fingerprint density at radius 2 is 1.88 bits per heavy atom. The Hall–Kier alpha value is -3.95. The Morgan fingerprint density at radius 3 is 2.59 bits per heavy atom. The van der Waals surface area contributed by atoms with Gasteiger partial charge in [0, 0.05) is 18.7 Å². The summed E-state index contributed by atoms with van der Waals surface area (Å²) in [4.78, 5) is 13.3. The van der Waals surface area contributed by atoms with Crippen LogP contribution in [0.4, 0.5) is 13.2 Å². The van der Waals surface area contributed by atoms with Crippen LogP contribution in [0.15, 0.2) is 36.8 Å². The second kappa shape index (κ2) is 8.77. The molecule has 1 aliphatic heterocycles. The maximum Gasteiger partial charge on any atom is 0.238 e. The Labute approximate surface area is 193 Å². The molecule has 0 saturated heterocycles. The molecule has 0 amide bonds. The van der Waals surface area contributed by atoms with Crippen molar-refractivity contribution in [2.45, 2.75) is 32.2 Å². The lowest BCUT2D eigenvalue weighted by molar-refractivity contribution is 0.395. The van der Waals surface area contributed by atoms with Gasteiger partial charge in [-0.1, -0.05) is 0 Å². The van der Waals surface area contributed by atoms with Gasteiger partial charge >= 0.3 is 0 Å². The molecule has 1 aliphatic rings. The van der Waals surface area contributed by atoms with Crippen molar-refractivity contribution in [1.82, 2.24) is 29.3 Å². The van der Waals surface area contributed by atoms with Crippen molar-refractivity contribution in [3.8, 4) is 11.6 Å². The third kappa shape index (κ3) is 4.07. The summed E-state index contributed by atoms with van der Waals surface area (Å²) in [6, 6.07) is 5.78. The fourth-order valence-electron chi connectivity index (χ4n) is 4.13. The van der Waals surface area contributed by atoms with E-state index in [1.165, 1.54) is 0 Å². The van der Waals surface area contributed by atoms with Crippen molar-refractivity contribution in [3.63, 3.8) is 0 Å². The molecule has 0 unspecified atom stereocenters. The zero-order chi connectivity index (χ0) is 23.8. The minimum absolute atomic E-state index is 0.344. The number of imidazole rings is 1. The lowest BCUT2D eigenvalue weighted by Gasteiger charge is -2.22. The van der Waals surface area contributed by atoms with E-state index >= 15 is 0 Å². The highest BCUT2D eigenvalue weighted by molar-refractivity contribution is 5.65. The molecule has 0 saturated carbocycles. The van der Waals surface area contributed by atoms with Crippen LogP contribution in [0, 0.1) is 24.4 Å². The number of methoxy groups -OCH3 is 1. The average Bonchev–Trinajstić information content (AvgIpc) is 3.46. The van der Waals surface area contributed by atoms with Crippen LogP contribution in [-0.2, 0) is 6.54 Å². The Morgan fingerprint density at radius 1 is 1.09 bits per heavy atom. The summed E-state index contributed by atoms with van der Waals surface area (Å²) >= 11 is 0. The second-order valence-electron chi connectivity index (χ2n) is 8.06. The van der Waals surface area contributed by atoms with Gasteiger partial charge in [0.25, 0.3) is 0 Å². The molecule has 34 heavy (non-hydrogen) atoms. The molecular weight excluding hydrogens is 445 g/mol. The summed E-state index contributed by atoms with van der Waals surface area (Å²) in [5.41, 5.74) is 2.63. The highest BCUT2D eigenvalue weighted by Crippen LogP contribution is 2.33. The molecule has 5 rings (SSSR count). The SMILES string of the molecule is COc1nc(/C=C/c2nc3n(n2)CCC[C@@H]3c2cc(F)c(F)c(F)c2)ccc1-n1cnc(C)c1. The topological polar surface area (TPSA) is 70.7 Å². The van der Waals surface area contributed by atoms with Crippen LogP contribution in [0.25, 0.3) is 17.8 Å². The van der Waals surface area contributed by atoms with Crippen LogP contribution >= 0.6 is 0 Å². The van der Waals surface area contributed by atoms with E-state index in [1.54, 1.807) is 30.3 Å². The molecule has 0 N–H and O–H groups in total. The molecular formula is C24H21F3N6O. The van der Waals surface area contributed by atoms with Crippen molar-refractivity contribution in [2.75, 3.05) is 7.11 Å². The second-order valence-corrected chi connectivity index (χ2v) is 8.06. The van der Waals surface area contributed by atoms with Gasteiger partial charge in [-0.2, -0.15) is 5.10 Å². The number of rotatable bonds is 5. The number of nitrogens with zero attached hydrogens (tertiary/aromatic N) is 6. The maximum atomic E-state index is 13.8. The lowest BCUT2D eigenvalue weighted by atomic mass is 9.91. The maximum absolute atomic E-state index is 13.8. The van der Waals surface area contributed by atoms with Crippen molar-refractivity contribution in [3.05, 3.63) is 82.8 Å². The summed E-state index contributed by atoms with van der Waals surface area (Å²) in [7, 11) is 1.55. The largest absolute Gasteiger partial charge is 0.479 e. The van der Waals surface area contributed by atoms with Gasteiger partial charge in [0.1, 0.15) is 11.5 Å². The van der Waals surface area contributed by atoms with E-state index in [4.69, 9.17) is 4.74 Å². The predicted octanol–water partition coefficient (Wildman–Crippen LogP) is 4.69. The first-order valence-electron chi connectivity index (χ1n) is 10.8. The minimum atomic E-state index is -1.47. The van der Waals surface area contributed by atoms with Gasteiger partial charge in [-0.3, -0.25) is 0 Å². The summed E-state index contributed by atoms with van der Waals surface area (Å²) < 4.78 is 50.0. The number of ether oxygens (including phenoxy) is 1. The normalized spacial score (nSPS) is 15.6. The average molecular weight is 466 g/mol. The van der Waals surface area contributed by atoms with Gasteiger partial charge < -0.3 is 9.30 Å². The molecule has 0 spiro atoms. The first kappa shape index (κ1) is 21.9. The first-order valence-corrected chi connectivity index (χ1v) is 10.8. The third-order valence-corrected chi connectivity index (χ3v) is 5.75. The van der Waals surface area contributed by atoms with E-state index in [0.717, 1.165) is 29.9 Å². The zero-order valence-electron chi connectivity index (χ0n) is 18.5. The van der Waals surface area contributed by atoms with E-state index in [1.807, 2.05) is 29.8 Å². The molecule has 1 atom stereocenters. The first-order chi connectivity index (χ1) is 16.4. The molecule has 0 bridgehead atoms. The number of halogens is 3. The highest BCUT2D eigenvalue weighted by Gasteiger charge is 2.27. The van der Waals surface area contributed by atoms with Gasteiger partial charge in [0.05, 0.1) is 24.8 Å². The van der Waals surface area contributed by atoms with E-state index in [2.05, 4.69) is 20.1 Å². The van der Waals surface area contributed by atoms with Crippen LogP contribution in [0.2, 0.25) is 0 Å². The zero-order valence-corrected chi connectivity index (χ0v) is 18.5. The van der Waals surface area contributed by atoms with Crippen molar-refractivity contribution >= 4 is 12.2 Å². The number of aromatic nitrogens is 6. The summed E-state index contributed by atoms with van der Waals surface area (Å²) in [6.45, 7) is 2.54. The quantitative estimate of drug-likeness (QED) is 0.399. The van der Waals surface area contributed by atoms with E-state index < -0.39 is 17.5 Å². The summed E-state index contributed by atoms with van der Waals surface area (Å²) in [6.07, 6.45) is 8.46. The fourth-order valence-corrected chi connectivity index (χ4v) is 4.13. The molecule has 0 aliphatic carbocycles.